The van der Waals surface area contributed by atoms with Gasteiger partial charge in [-0.25, -0.2) is 4.98 Å². The first-order valence-electron chi connectivity index (χ1n) is 8.21. The van der Waals surface area contributed by atoms with E-state index in [1.807, 2.05) is 12.3 Å². The SMILES string of the molecule is c1cnc(N2CCOCC2)c(CNCCN2CCOCC2)c1. The third-order valence-electron chi connectivity index (χ3n) is 4.20. The summed E-state index contributed by atoms with van der Waals surface area (Å²) in [4.78, 5) is 9.34. The molecule has 0 aromatic carbocycles. The number of hydrogen-bond donors (Lipinski definition) is 1. The summed E-state index contributed by atoms with van der Waals surface area (Å²) >= 11 is 0. The molecule has 0 saturated carbocycles. The lowest BCUT2D eigenvalue weighted by Gasteiger charge is -2.29. The van der Waals surface area contributed by atoms with Crippen LogP contribution >= 0.6 is 0 Å². The zero-order chi connectivity index (χ0) is 15.0. The summed E-state index contributed by atoms with van der Waals surface area (Å²) in [5.41, 5.74) is 1.27. The lowest BCUT2D eigenvalue weighted by Crippen LogP contribution is -2.40. The fourth-order valence-corrected chi connectivity index (χ4v) is 2.91. The van der Waals surface area contributed by atoms with Gasteiger partial charge in [0.05, 0.1) is 26.4 Å². The maximum atomic E-state index is 5.43. The smallest absolute Gasteiger partial charge is 0.133 e. The van der Waals surface area contributed by atoms with Crippen molar-refractivity contribution in [2.75, 3.05) is 70.6 Å². The Labute approximate surface area is 132 Å². The molecule has 2 aliphatic heterocycles. The molecule has 2 fully saturated rings. The lowest BCUT2D eigenvalue weighted by molar-refractivity contribution is 0.0384. The minimum absolute atomic E-state index is 0.792. The normalized spacial score (nSPS) is 20.3. The van der Waals surface area contributed by atoms with E-state index in [4.69, 9.17) is 9.47 Å². The predicted molar refractivity (Wildman–Crippen MR) is 86.2 cm³/mol. The fraction of sp³-hybridized carbons (Fsp3) is 0.688. The van der Waals surface area contributed by atoms with Gasteiger partial charge in [0.15, 0.2) is 0 Å². The fourth-order valence-electron chi connectivity index (χ4n) is 2.91. The van der Waals surface area contributed by atoms with E-state index in [2.05, 4.69) is 26.2 Å². The van der Waals surface area contributed by atoms with Gasteiger partial charge >= 0.3 is 0 Å². The van der Waals surface area contributed by atoms with Crippen molar-refractivity contribution in [3.8, 4) is 0 Å². The van der Waals surface area contributed by atoms with Gasteiger partial charge in [-0.3, -0.25) is 4.90 Å². The highest BCUT2D eigenvalue weighted by Crippen LogP contribution is 2.18. The second kappa shape index (κ2) is 8.43. The standard InChI is InChI=1S/C16H26N4O2/c1-2-15(14-17-4-5-19-6-10-21-11-7-19)16(18-3-1)20-8-12-22-13-9-20/h1-3,17H,4-14H2. The van der Waals surface area contributed by atoms with Crippen LogP contribution in [0, 0.1) is 0 Å². The van der Waals surface area contributed by atoms with Crippen LogP contribution in [-0.2, 0) is 16.0 Å². The van der Waals surface area contributed by atoms with E-state index in [-0.39, 0.29) is 0 Å². The summed E-state index contributed by atoms with van der Waals surface area (Å²) in [6.07, 6.45) is 1.88. The van der Waals surface area contributed by atoms with Crippen molar-refractivity contribution in [2.24, 2.45) is 0 Å². The predicted octanol–water partition coefficient (Wildman–Crippen LogP) is 0.340. The zero-order valence-electron chi connectivity index (χ0n) is 13.2. The number of pyridine rings is 1. The van der Waals surface area contributed by atoms with Crippen molar-refractivity contribution >= 4 is 5.82 Å². The topological polar surface area (TPSA) is 49.9 Å². The van der Waals surface area contributed by atoms with E-state index in [9.17, 15) is 0 Å². The Hall–Kier alpha value is -1.21. The number of nitrogens with one attached hydrogen (secondary N) is 1. The van der Waals surface area contributed by atoms with Crippen molar-refractivity contribution in [1.29, 1.82) is 0 Å². The van der Waals surface area contributed by atoms with Gasteiger partial charge < -0.3 is 19.7 Å². The summed E-state index contributed by atoms with van der Waals surface area (Å²) < 4.78 is 10.8. The van der Waals surface area contributed by atoms with E-state index in [1.54, 1.807) is 0 Å². The van der Waals surface area contributed by atoms with Crippen LogP contribution in [0.3, 0.4) is 0 Å². The minimum atomic E-state index is 0.792. The Balaban J connectivity index is 1.47. The van der Waals surface area contributed by atoms with Gasteiger partial charge in [-0.1, -0.05) is 6.07 Å². The zero-order valence-corrected chi connectivity index (χ0v) is 13.2. The molecule has 2 aliphatic rings. The first-order chi connectivity index (χ1) is 10.9. The van der Waals surface area contributed by atoms with Gasteiger partial charge in [-0.05, 0) is 6.07 Å². The highest BCUT2D eigenvalue weighted by molar-refractivity contribution is 5.46. The molecule has 0 radical (unpaired) electrons. The molecule has 6 heteroatoms. The van der Waals surface area contributed by atoms with Crippen molar-refractivity contribution in [3.63, 3.8) is 0 Å². The molecule has 3 heterocycles. The Kier molecular flexibility index (Phi) is 6.01. The van der Waals surface area contributed by atoms with Crippen molar-refractivity contribution < 1.29 is 9.47 Å². The third-order valence-corrected chi connectivity index (χ3v) is 4.20. The van der Waals surface area contributed by atoms with Crippen molar-refractivity contribution in [1.82, 2.24) is 15.2 Å². The molecule has 1 aromatic heterocycles. The van der Waals surface area contributed by atoms with E-state index in [0.29, 0.717) is 0 Å². The Morgan fingerprint density at radius 1 is 1.05 bits per heavy atom. The number of morpholine rings is 2. The van der Waals surface area contributed by atoms with Crippen LogP contribution in [0.2, 0.25) is 0 Å². The maximum Gasteiger partial charge on any atom is 0.133 e. The molecule has 3 rings (SSSR count). The van der Waals surface area contributed by atoms with Gasteiger partial charge in [0.25, 0.3) is 0 Å². The summed E-state index contributed by atoms with van der Waals surface area (Å²) in [5.74, 6) is 1.10. The first kappa shape index (κ1) is 15.7. The third kappa shape index (κ3) is 4.39. The summed E-state index contributed by atoms with van der Waals surface area (Å²) in [6, 6.07) is 4.18. The molecule has 1 N–H and O–H groups in total. The van der Waals surface area contributed by atoms with Crippen LogP contribution in [0.4, 0.5) is 5.82 Å². The second-order valence-electron chi connectivity index (χ2n) is 5.72. The average Bonchev–Trinajstić information content (AvgIpc) is 2.61. The monoisotopic (exact) mass is 306 g/mol. The van der Waals surface area contributed by atoms with Gasteiger partial charge in [-0.2, -0.15) is 0 Å². The summed E-state index contributed by atoms with van der Waals surface area (Å²) in [5, 5.41) is 3.55. The molecule has 0 amide bonds. The average molecular weight is 306 g/mol. The molecule has 0 spiro atoms. The molecule has 6 nitrogen and oxygen atoms in total. The Morgan fingerprint density at radius 3 is 2.55 bits per heavy atom. The number of anilines is 1. The molecule has 0 bridgehead atoms. The van der Waals surface area contributed by atoms with Crippen LogP contribution in [0.15, 0.2) is 18.3 Å². The van der Waals surface area contributed by atoms with Crippen molar-refractivity contribution in [3.05, 3.63) is 23.9 Å². The van der Waals surface area contributed by atoms with Crippen LogP contribution in [0.25, 0.3) is 0 Å². The molecule has 0 atom stereocenters. The van der Waals surface area contributed by atoms with Crippen LogP contribution < -0.4 is 10.2 Å². The van der Waals surface area contributed by atoms with Gasteiger partial charge in [0.1, 0.15) is 5.82 Å². The number of aromatic nitrogens is 1. The number of ether oxygens (including phenoxy) is 2. The number of hydrogen-bond acceptors (Lipinski definition) is 6. The minimum Gasteiger partial charge on any atom is -0.379 e. The van der Waals surface area contributed by atoms with Crippen LogP contribution in [0.5, 0.6) is 0 Å². The van der Waals surface area contributed by atoms with Crippen LogP contribution in [-0.4, -0.2) is 75.6 Å². The van der Waals surface area contributed by atoms with E-state index in [0.717, 1.165) is 78.1 Å². The van der Waals surface area contributed by atoms with Gasteiger partial charge in [-0.15, -0.1) is 0 Å². The maximum absolute atomic E-state index is 5.43. The molecule has 2 saturated heterocycles. The largest absolute Gasteiger partial charge is 0.379 e. The number of nitrogens with zero attached hydrogens (tertiary/aromatic N) is 3. The molecular formula is C16H26N4O2. The van der Waals surface area contributed by atoms with Crippen molar-refractivity contribution in [2.45, 2.75) is 6.54 Å². The Bertz CT molecular complexity index is 446. The quantitative estimate of drug-likeness (QED) is 0.765. The number of rotatable bonds is 6. The first-order valence-corrected chi connectivity index (χ1v) is 8.21. The summed E-state index contributed by atoms with van der Waals surface area (Å²) in [7, 11) is 0. The van der Waals surface area contributed by atoms with Gasteiger partial charge in [0.2, 0.25) is 0 Å². The molecular weight excluding hydrogens is 280 g/mol. The highest BCUT2D eigenvalue weighted by Gasteiger charge is 2.15. The molecule has 22 heavy (non-hydrogen) atoms. The van der Waals surface area contributed by atoms with Crippen LogP contribution in [0.1, 0.15) is 5.56 Å². The van der Waals surface area contributed by atoms with Gasteiger partial charge in [0, 0.05) is 57.6 Å². The van der Waals surface area contributed by atoms with E-state index in [1.165, 1.54) is 5.56 Å². The molecule has 0 aliphatic carbocycles. The molecule has 122 valence electrons. The summed E-state index contributed by atoms with van der Waals surface area (Å²) in [6.45, 7) is 10.2. The second-order valence-corrected chi connectivity index (χ2v) is 5.72. The lowest BCUT2D eigenvalue weighted by atomic mass is 10.2. The molecule has 1 aromatic rings. The molecule has 0 unspecified atom stereocenters. The Morgan fingerprint density at radius 2 is 1.77 bits per heavy atom. The van der Waals surface area contributed by atoms with E-state index < -0.39 is 0 Å². The van der Waals surface area contributed by atoms with E-state index >= 15 is 0 Å². The highest BCUT2D eigenvalue weighted by atomic mass is 16.5.